The molecule has 74 valence electrons. The number of alkyl halides is 3. The zero-order chi connectivity index (χ0) is 9.90. The number of rotatable bonds is 3. The van der Waals surface area contributed by atoms with Gasteiger partial charge in [0.25, 0.3) is 0 Å². The van der Waals surface area contributed by atoms with Gasteiger partial charge in [0.1, 0.15) is 5.76 Å². The van der Waals surface area contributed by atoms with Gasteiger partial charge in [0.05, 0.1) is 18.8 Å². The van der Waals surface area contributed by atoms with E-state index in [-0.39, 0.29) is 0 Å². The summed E-state index contributed by atoms with van der Waals surface area (Å²) in [5, 5.41) is 2.31. The summed E-state index contributed by atoms with van der Waals surface area (Å²) in [6.07, 6.45) is -2.75. The van der Waals surface area contributed by atoms with Crippen LogP contribution in [0.4, 0.5) is 13.2 Å². The molecule has 1 rings (SSSR count). The predicted molar refractivity (Wildman–Crippen MR) is 41.2 cm³/mol. The quantitative estimate of drug-likeness (QED) is 0.797. The maximum atomic E-state index is 11.8. The monoisotopic (exact) mass is 193 g/mol. The summed E-state index contributed by atoms with van der Waals surface area (Å²) in [5.41, 5.74) is 0. The first kappa shape index (κ1) is 10.1. The van der Waals surface area contributed by atoms with E-state index in [0.717, 1.165) is 0 Å². The molecule has 0 saturated heterocycles. The van der Waals surface area contributed by atoms with Crippen molar-refractivity contribution in [1.82, 2.24) is 5.32 Å². The van der Waals surface area contributed by atoms with Gasteiger partial charge >= 0.3 is 6.18 Å². The molecule has 1 N–H and O–H groups in total. The topological polar surface area (TPSA) is 25.2 Å². The third-order valence-corrected chi connectivity index (χ3v) is 1.58. The molecule has 0 spiro atoms. The van der Waals surface area contributed by atoms with Crippen LogP contribution >= 0.6 is 0 Å². The van der Waals surface area contributed by atoms with Crippen molar-refractivity contribution in [2.24, 2.45) is 0 Å². The van der Waals surface area contributed by atoms with E-state index < -0.39 is 18.8 Å². The van der Waals surface area contributed by atoms with Gasteiger partial charge < -0.3 is 4.42 Å². The van der Waals surface area contributed by atoms with E-state index in [1.807, 2.05) is 0 Å². The Kier molecular flexibility index (Phi) is 2.98. The number of hydrogen-bond donors (Lipinski definition) is 1. The zero-order valence-corrected chi connectivity index (χ0v) is 7.06. The lowest BCUT2D eigenvalue weighted by atomic mass is 10.2. The zero-order valence-electron chi connectivity index (χ0n) is 7.06. The Hall–Kier alpha value is -0.970. The Morgan fingerprint density at radius 1 is 1.54 bits per heavy atom. The van der Waals surface area contributed by atoms with Gasteiger partial charge in [-0.1, -0.05) is 0 Å². The van der Waals surface area contributed by atoms with Gasteiger partial charge in [-0.3, -0.25) is 5.32 Å². The minimum absolute atomic E-state index is 0.420. The average Bonchev–Trinajstić information content (AvgIpc) is 2.50. The molecule has 0 aliphatic carbocycles. The van der Waals surface area contributed by atoms with Gasteiger partial charge in [-0.25, -0.2) is 0 Å². The van der Waals surface area contributed by atoms with Gasteiger partial charge in [-0.2, -0.15) is 13.2 Å². The Bertz CT molecular complexity index is 242. The smallest absolute Gasteiger partial charge is 0.401 e. The van der Waals surface area contributed by atoms with Crippen LogP contribution in [0.5, 0.6) is 0 Å². The van der Waals surface area contributed by atoms with Crippen LogP contribution in [0, 0.1) is 0 Å². The van der Waals surface area contributed by atoms with E-state index in [4.69, 9.17) is 4.42 Å². The maximum absolute atomic E-state index is 11.8. The summed E-state index contributed by atoms with van der Waals surface area (Å²) in [6, 6.07) is 2.85. The van der Waals surface area contributed by atoms with Crippen LogP contribution in [0.1, 0.15) is 18.7 Å². The summed E-state index contributed by atoms with van der Waals surface area (Å²) in [6.45, 7) is 0.611. The lowest BCUT2D eigenvalue weighted by Gasteiger charge is -2.12. The van der Waals surface area contributed by atoms with Gasteiger partial charge in [-0.05, 0) is 19.1 Å². The SMILES string of the molecule is C[C@H](NCC(F)(F)F)c1ccco1. The van der Waals surface area contributed by atoms with Gasteiger partial charge in [-0.15, -0.1) is 0 Å². The minimum atomic E-state index is -4.18. The molecule has 5 heteroatoms. The molecular formula is C8H10F3NO. The molecule has 0 fully saturated rings. The Balaban J connectivity index is 2.39. The molecule has 0 amide bonds. The molecule has 1 aromatic rings. The molecule has 1 heterocycles. The number of furan rings is 1. The molecular weight excluding hydrogens is 183 g/mol. The molecule has 2 nitrogen and oxygen atoms in total. The summed E-state index contributed by atoms with van der Waals surface area (Å²) in [4.78, 5) is 0. The van der Waals surface area contributed by atoms with Crippen LogP contribution in [-0.2, 0) is 0 Å². The van der Waals surface area contributed by atoms with E-state index in [0.29, 0.717) is 5.76 Å². The highest BCUT2D eigenvalue weighted by molar-refractivity contribution is 5.02. The van der Waals surface area contributed by atoms with Gasteiger partial charge in [0.15, 0.2) is 0 Å². The third-order valence-electron chi connectivity index (χ3n) is 1.58. The molecule has 0 aromatic carbocycles. The van der Waals surface area contributed by atoms with Crippen molar-refractivity contribution in [2.75, 3.05) is 6.54 Å². The van der Waals surface area contributed by atoms with E-state index >= 15 is 0 Å². The largest absolute Gasteiger partial charge is 0.468 e. The average molecular weight is 193 g/mol. The molecule has 1 aromatic heterocycles. The van der Waals surface area contributed by atoms with Crippen LogP contribution in [0.15, 0.2) is 22.8 Å². The van der Waals surface area contributed by atoms with Crippen molar-refractivity contribution in [3.8, 4) is 0 Å². The Morgan fingerprint density at radius 2 is 2.23 bits per heavy atom. The van der Waals surface area contributed by atoms with Gasteiger partial charge in [0.2, 0.25) is 0 Å². The maximum Gasteiger partial charge on any atom is 0.401 e. The van der Waals surface area contributed by atoms with Crippen molar-refractivity contribution < 1.29 is 17.6 Å². The van der Waals surface area contributed by atoms with E-state index in [2.05, 4.69) is 5.32 Å². The lowest BCUT2D eigenvalue weighted by molar-refractivity contribution is -0.126. The first-order chi connectivity index (χ1) is 5.99. The fourth-order valence-electron chi connectivity index (χ4n) is 0.907. The summed E-state index contributed by atoms with van der Waals surface area (Å²) in [5.74, 6) is 0.504. The second-order valence-corrected chi connectivity index (χ2v) is 2.73. The predicted octanol–water partition coefficient (Wildman–Crippen LogP) is 2.49. The number of halogens is 3. The highest BCUT2D eigenvalue weighted by Gasteiger charge is 2.27. The number of hydrogen-bond acceptors (Lipinski definition) is 2. The molecule has 0 bridgehead atoms. The highest BCUT2D eigenvalue weighted by Crippen LogP contribution is 2.17. The highest BCUT2D eigenvalue weighted by atomic mass is 19.4. The Morgan fingerprint density at radius 3 is 2.69 bits per heavy atom. The summed E-state index contributed by atoms with van der Waals surface area (Å²) >= 11 is 0. The normalized spacial score (nSPS) is 14.5. The van der Waals surface area contributed by atoms with Crippen molar-refractivity contribution in [1.29, 1.82) is 0 Å². The first-order valence-electron chi connectivity index (χ1n) is 3.82. The minimum Gasteiger partial charge on any atom is -0.468 e. The summed E-state index contributed by atoms with van der Waals surface area (Å²) in [7, 11) is 0. The molecule has 0 unspecified atom stereocenters. The van der Waals surface area contributed by atoms with Crippen molar-refractivity contribution >= 4 is 0 Å². The molecule has 0 saturated carbocycles. The fraction of sp³-hybridized carbons (Fsp3) is 0.500. The lowest BCUT2D eigenvalue weighted by Crippen LogP contribution is -2.30. The molecule has 0 aliphatic heterocycles. The van der Waals surface area contributed by atoms with E-state index in [1.54, 1.807) is 19.1 Å². The van der Waals surface area contributed by atoms with Crippen LogP contribution in [0.2, 0.25) is 0 Å². The van der Waals surface area contributed by atoms with Crippen LogP contribution in [0.25, 0.3) is 0 Å². The molecule has 0 radical (unpaired) electrons. The number of nitrogens with one attached hydrogen (secondary N) is 1. The molecule has 13 heavy (non-hydrogen) atoms. The van der Waals surface area contributed by atoms with Crippen LogP contribution in [-0.4, -0.2) is 12.7 Å². The van der Waals surface area contributed by atoms with E-state index in [9.17, 15) is 13.2 Å². The van der Waals surface area contributed by atoms with Crippen molar-refractivity contribution in [3.05, 3.63) is 24.2 Å². The second-order valence-electron chi connectivity index (χ2n) is 2.73. The Labute approximate surface area is 73.7 Å². The van der Waals surface area contributed by atoms with E-state index in [1.165, 1.54) is 6.26 Å². The third kappa shape index (κ3) is 3.50. The van der Waals surface area contributed by atoms with Crippen molar-refractivity contribution in [3.63, 3.8) is 0 Å². The van der Waals surface area contributed by atoms with Gasteiger partial charge in [0, 0.05) is 0 Å². The van der Waals surface area contributed by atoms with Crippen molar-refractivity contribution in [2.45, 2.75) is 19.1 Å². The summed E-state index contributed by atoms with van der Waals surface area (Å²) < 4.78 is 40.2. The van der Waals surface area contributed by atoms with Crippen LogP contribution in [0.3, 0.4) is 0 Å². The second kappa shape index (κ2) is 3.83. The van der Waals surface area contributed by atoms with Crippen LogP contribution < -0.4 is 5.32 Å². The fourth-order valence-corrected chi connectivity index (χ4v) is 0.907. The first-order valence-corrected chi connectivity index (χ1v) is 3.82. The standard InChI is InChI=1S/C8H10F3NO/c1-6(7-3-2-4-13-7)12-5-8(9,10)11/h2-4,6,12H,5H2,1H3/t6-/m0/s1. The molecule has 1 atom stereocenters. The molecule has 0 aliphatic rings.